The molecule has 4 atom stereocenters. The molecule has 2 saturated heterocycles. The van der Waals surface area contributed by atoms with E-state index in [2.05, 4.69) is 37.9 Å². The molecule has 112 valence electrons. The van der Waals surface area contributed by atoms with Gasteiger partial charge in [-0.2, -0.15) is 0 Å². The van der Waals surface area contributed by atoms with Gasteiger partial charge in [0.2, 0.25) is 0 Å². The minimum atomic E-state index is 0.464. The minimum Gasteiger partial charge on any atom is -0.378 e. The molecule has 0 amide bonds. The predicted molar refractivity (Wildman–Crippen MR) is 80.5 cm³/mol. The number of piperazine rings is 1. The Morgan fingerprint density at radius 1 is 1.26 bits per heavy atom. The van der Waals surface area contributed by atoms with Crippen molar-refractivity contribution in [2.45, 2.75) is 77.6 Å². The van der Waals surface area contributed by atoms with E-state index in [1.807, 2.05) is 0 Å². The summed E-state index contributed by atoms with van der Waals surface area (Å²) >= 11 is 0. The highest BCUT2D eigenvalue weighted by molar-refractivity contribution is 4.91. The zero-order valence-electron chi connectivity index (χ0n) is 13.2. The molecule has 1 N–H and O–H groups in total. The largest absolute Gasteiger partial charge is 0.378 e. The summed E-state index contributed by atoms with van der Waals surface area (Å²) in [7, 11) is 0. The van der Waals surface area contributed by atoms with Crippen LogP contribution in [0.25, 0.3) is 0 Å². The molecule has 2 rings (SSSR count). The Kier molecular flexibility index (Phi) is 5.67. The number of hydrogen-bond donors (Lipinski definition) is 1. The third kappa shape index (κ3) is 3.71. The van der Waals surface area contributed by atoms with Crippen molar-refractivity contribution in [3.8, 4) is 0 Å². The number of hydrogen-bond acceptors (Lipinski definition) is 3. The van der Waals surface area contributed by atoms with E-state index in [4.69, 9.17) is 4.74 Å². The van der Waals surface area contributed by atoms with Crippen molar-refractivity contribution in [3.63, 3.8) is 0 Å². The average Bonchev–Trinajstić information content (AvgIpc) is 2.46. The molecule has 2 fully saturated rings. The summed E-state index contributed by atoms with van der Waals surface area (Å²) < 4.78 is 5.94. The maximum Gasteiger partial charge on any atom is 0.0612 e. The predicted octanol–water partition coefficient (Wildman–Crippen LogP) is 2.65. The van der Waals surface area contributed by atoms with E-state index in [0.29, 0.717) is 18.1 Å². The van der Waals surface area contributed by atoms with Crippen LogP contribution in [-0.2, 0) is 4.74 Å². The van der Waals surface area contributed by atoms with Crippen molar-refractivity contribution in [2.24, 2.45) is 5.92 Å². The fraction of sp³-hybridized carbons (Fsp3) is 1.00. The molecule has 2 aliphatic heterocycles. The Hall–Kier alpha value is -0.120. The van der Waals surface area contributed by atoms with E-state index < -0.39 is 0 Å². The van der Waals surface area contributed by atoms with Crippen molar-refractivity contribution >= 4 is 0 Å². The van der Waals surface area contributed by atoms with Crippen LogP contribution in [0.1, 0.15) is 53.4 Å². The first kappa shape index (κ1) is 15.3. The summed E-state index contributed by atoms with van der Waals surface area (Å²) in [5.74, 6) is 0.646. The first-order valence-electron chi connectivity index (χ1n) is 8.26. The highest BCUT2D eigenvalue weighted by Crippen LogP contribution is 2.27. The minimum absolute atomic E-state index is 0.464. The second kappa shape index (κ2) is 7.05. The van der Waals surface area contributed by atoms with Gasteiger partial charge in [-0.15, -0.1) is 0 Å². The monoisotopic (exact) mass is 268 g/mol. The van der Waals surface area contributed by atoms with Gasteiger partial charge in [-0.3, -0.25) is 4.90 Å². The van der Waals surface area contributed by atoms with Crippen LogP contribution in [0.3, 0.4) is 0 Å². The molecule has 4 unspecified atom stereocenters. The summed E-state index contributed by atoms with van der Waals surface area (Å²) in [6, 6.07) is 2.14. The molecule has 3 heteroatoms. The highest BCUT2D eigenvalue weighted by atomic mass is 16.5. The fourth-order valence-electron chi connectivity index (χ4n) is 3.56. The van der Waals surface area contributed by atoms with Crippen molar-refractivity contribution in [3.05, 3.63) is 0 Å². The van der Waals surface area contributed by atoms with Gasteiger partial charge >= 0.3 is 0 Å². The Labute approximate surface area is 119 Å². The molecule has 0 radical (unpaired) electrons. The van der Waals surface area contributed by atoms with Crippen LogP contribution in [0.5, 0.6) is 0 Å². The second-order valence-electron chi connectivity index (χ2n) is 6.60. The summed E-state index contributed by atoms with van der Waals surface area (Å²) in [6.45, 7) is 12.5. The molecule has 0 bridgehead atoms. The Morgan fingerprint density at radius 3 is 2.68 bits per heavy atom. The number of ether oxygens (including phenoxy) is 1. The molecular weight excluding hydrogens is 236 g/mol. The molecular formula is C16H32N2O. The topological polar surface area (TPSA) is 24.5 Å². The highest BCUT2D eigenvalue weighted by Gasteiger charge is 2.35. The van der Waals surface area contributed by atoms with E-state index in [1.54, 1.807) is 0 Å². The molecule has 19 heavy (non-hydrogen) atoms. The van der Waals surface area contributed by atoms with Gasteiger partial charge in [0.15, 0.2) is 0 Å². The van der Waals surface area contributed by atoms with Gasteiger partial charge in [0.25, 0.3) is 0 Å². The van der Waals surface area contributed by atoms with E-state index in [0.717, 1.165) is 18.7 Å². The van der Waals surface area contributed by atoms with Crippen LogP contribution in [0.2, 0.25) is 0 Å². The maximum atomic E-state index is 5.94. The smallest absolute Gasteiger partial charge is 0.0612 e. The normalized spacial score (nSPS) is 37.7. The van der Waals surface area contributed by atoms with Crippen LogP contribution < -0.4 is 5.32 Å². The third-order valence-corrected chi connectivity index (χ3v) is 5.01. The van der Waals surface area contributed by atoms with Gasteiger partial charge in [0.05, 0.1) is 6.10 Å². The molecule has 0 aromatic carbocycles. The Morgan fingerprint density at radius 2 is 2.05 bits per heavy atom. The van der Waals surface area contributed by atoms with Gasteiger partial charge < -0.3 is 10.1 Å². The second-order valence-corrected chi connectivity index (χ2v) is 6.60. The fourth-order valence-corrected chi connectivity index (χ4v) is 3.56. The summed E-state index contributed by atoms with van der Waals surface area (Å²) in [5, 5.41) is 3.70. The van der Waals surface area contributed by atoms with Crippen LogP contribution in [0, 0.1) is 5.92 Å². The van der Waals surface area contributed by atoms with E-state index in [-0.39, 0.29) is 0 Å². The van der Waals surface area contributed by atoms with Gasteiger partial charge in [-0.1, -0.05) is 27.7 Å². The van der Waals surface area contributed by atoms with Gasteiger partial charge in [0.1, 0.15) is 0 Å². The van der Waals surface area contributed by atoms with E-state index >= 15 is 0 Å². The molecule has 2 heterocycles. The quantitative estimate of drug-likeness (QED) is 0.848. The Bertz CT molecular complexity index is 269. The summed E-state index contributed by atoms with van der Waals surface area (Å²) in [5.41, 5.74) is 0. The lowest BCUT2D eigenvalue weighted by Crippen LogP contribution is -2.60. The van der Waals surface area contributed by atoms with Crippen molar-refractivity contribution in [2.75, 3.05) is 19.7 Å². The first-order valence-corrected chi connectivity index (χ1v) is 8.26. The molecule has 0 aromatic heterocycles. The van der Waals surface area contributed by atoms with Crippen molar-refractivity contribution in [1.82, 2.24) is 10.2 Å². The molecule has 0 aromatic rings. The Balaban J connectivity index is 1.99. The van der Waals surface area contributed by atoms with Crippen molar-refractivity contribution in [1.29, 1.82) is 0 Å². The van der Waals surface area contributed by atoms with Gasteiger partial charge in [-0.05, 0) is 31.6 Å². The first-order chi connectivity index (χ1) is 9.15. The summed E-state index contributed by atoms with van der Waals surface area (Å²) in [6.07, 6.45) is 5.41. The van der Waals surface area contributed by atoms with Gasteiger partial charge in [-0.25, -0.2) is 0 Å². The van der Waals surface area contributed by atoms with E-state index in [1.165, 1.54) is 38.8 Å². The summed E-state index contributed by atoms with van der Waals surface area (Å²) in [4.78, 5) is 2.79. The molecule has 0 aliphatic carbocycles. The van der Waals surface area contributed by atoms with Gasteiger partial charge in [0, 0.05) is 37.8 Å². The van der Waals surface area contributed by atoms with Crippen LogP contribution in [-0.4, -0.2) is 48.8 Å². The molecule has 2 aliphatic rings. The maximum absolute atomic E-state index is 5.94. The van der Waals surface area contributed by atoms with E-state index in [9.17, 15) is 0 Å². The van der Waals surface area contributed by atoms with Crippen molar-refractivity contribution < 1.29 is 4.74 Å². The number of rotatable bonds is 4. The zero-order chi connectivity index (χ0) is 13.8. The molecule has 0 saturated carbocycles. The van der Waals surface area contributed by atoms with Crippen LogP contribution in [0.4, 0.5) is 0 Å². The lowest BCUT2D eigenvalue weighted by molar-refractivity contribution is -0.0633. The lowest BCUT2D eigenvalue weighted by Gasteiger charge is -2.47. The SMILES string of the molecule is CCC1CN(C2CCOC(C(C)C)C2)C(CC)CN1. The van der Waals surface area contributed by atoms with Crippen LogP contribution in [0.15, 0.2) is 0 Å². The lowest BCUT2D eigenvalue weighted by atomic mass is 9.91. The zero-order valence-corrected chi connectivity index (χ0v) is 13.2. The molecule has 0 spiro atoms. The average molecular weight is 268 g/mol. The molecule has 3 nitrogen and oxygen atoms in total. The number of nitrogens with zero attached hydrogens (tertiary/aromatic N) is 1. The number of nitrogens with one attached hydrogen (secondary N) is 1. The standard InChI is InChI=1S/C16H32N2O/c1-5-13-11-18(14(6-2)10-17-13)15-7-8-19-16(9-15)12(3)4/h12-17H,5-11H2,1-4H3. The third-order valence-electron chi connectivity index (χ3n) is 5.01. The van der Waals surface area contributed by atoms with Crippen LogP contribution >= 0.6 is 0 Å².